The molecule has 0 saturated carbocycles. The lowest BCUT2D eigenvalue weighted by atomic mass is 9.90. The van der Waals surface area contributed by atoms with Gasteiger partial charge >= 0.3 is 0 Å². The Morgan fingerprint density at radius 3 is 2.32 bits per heavy atom. The van der Waals surface area contributed by atoms with Crippen LogP contribution in [0.1, 0.15) is 33.6 Å². The van der Waals surface area contributed by atoms with Crippen LogP contribution in [0.5, 0.6) is 11.5 Å². The molecule has 0 fully saturated rings. The van der Waals surface area contributed by atoms with Crippen molar-refractivity contribution in [2.24, 2.45) is 5.41 Å². The molecular formula is C16H27NO2. The van der Waals surface area contributed by atoms with Gasteiger partial charge < -0.3 is 14.8 Å². The number of hydrogen-bond donors (Lipinski definition) is 1. The molecule has 19 heavy (non-hydrogen) atoms. The Hall–Kier alpha value is -1.22. The Balaban J connectivity index is 2.27. The average molecular weight is 265 g/mol. The molecule has 0 aromatic heterocycles. The average Bonchev–Trinajstić information content (AvgIpc) is 2.39. The lowest BCUT2D eigenvalue weighted by Gasteiger charge is -2.25. The van der Waals surface area contributed by atoms with E-state index in [1.807, 2.05) is 24.3 Å². The second-order valence-electron chi connectivity index (χ2n) is 5.61. The van der Waals surface area contributed by atoms with Gasteiger partial charge in [0.15, 0.2) is 0 Å². The van der Waals surface area contributed by atoms with Gasteiger partial charge in [0.2, 0.25) is 0 Å². The van der Waals surface area contributed by atoms with Crippen LogP contribution in [0, 0.1) is 5.41 Å². The van der Waals surface area contributed by atoms with Crippen LogP contribution in [0.25, 0.3) is 0 Å². The normalized spacial score (nSPS) is 11.4. The maximum Gasteiger partial charge on any atom is 0.119 e. The summed E-state index contributed by atoms with van der Waals surface area (Å²) in [5.41, 5.74) is 0.266. The minimum absolute atomic E-state index is 0.266. The van der Waals surface area contributed by atoms with Crippen LogP contribution in [0.4, 0.5) is 0 Å². The first-order valence-electron chi connectivity index (χ1n) is 7.05. The van der Waals surface area contributed by atoms with Crippen LogP contribution < -0.4 is 14.8 Å². The third kappa shape index (κ3) is 6.48. The van der Waals surface area contributed by atoms with Gasteiger partial charge in [-0.15, -0.1) is 0 Å². The summed E-state index contributed by atoms with van der Waals surface area (Å²) in [5.74, 6) is 1.76. The quantitative estimate of drug-likeness (QED) is 0.693. The Morgan fingerprint density at radius 2 is 1.74 bits per heavy atom. The second-order valence-corrected chi connectivity index (χ2v) is 5.61. The fraction of sp³-hybridized carbons (Fsp3) is 0.625. The van der Waals surface area contributed by atoms with E-state index in [4.69, 9.17) is 9.47 Å². The Labute approximate surface area is 117 Å². The SMILES string of the molecule is CCCNCC(C)(C)CCOc1ccc(OC)cc1. The molecule has 0 unspecified atom stereocenters. The second kappa shape index (κ2) is 8.05. The molecule has 0 heterocycles. The van der Waals surface area contributed by atoms with Gasteiger partial charge in [-0.3, -0.25) is 0 Å². The molecule has 0 spiro atoms. The number of nitrogens with one attached hydrogen (secondary N) is 1. The number of methoxy groups -OCH3 is 1. The summed E-state index contributed by atoms with van der Waals surface area (Å²) in [4.78, 5) is 0. The maximum atomic E-state index is 5.76. The summed E-state index contributed by atoms with van der Waals surface area (Å²) in [6, 6.07) is 7.73. The zero-order valence-electron chi connectivity index (χ0n) is 12.7. The summed E-state index contributed by atoms with van der Waals surface area (Å²) < 4.78 is 10.9. The Bertz CT molecular complexity index is 346. The van der Waals surface area contributed by atoms with Crippen molar-refractivity contribution in [3.05, 3.63) is 24.3 Å². The van der Waals surface area contributed by atoms with Gasteiger partial charge in [0, 0.05) is 6.54 Å². The Morgan fingerprint density at radius 1 is 1.11 bits per heavy atom. The fourth-order valence-corrected chi connectivity index (χ4v) is 1.81. The van der Waals surface area contributed by atoms with Crippen molar-refractivity contribution < 1.29 is 9.47 Å². The zero-order valence-corrected chi connectivity index (χ0v) is 12.7. The van der Waals surface area contributed by atoms with Crippen molar-refractivity contribution in [1.82, 2.24) is 5.32 Å². The van der Waals surface area contributed by atoms with E-state index in [1.165, 1.54) is 6.42 Å². The summed E-state index contributed by atoms with van der Waals surface area (Å²) >= 11 is 0. The van der Waals surface area contributed by atoms with Gasteiger partial charge in [-0.1, -0.05) is 20.8 Å². The molecule has 1 rings (SSSR count). The van der Waals surface area contributed by atoms with Crippen molar-refractivity contribution in [1.29, 1.82) is 0 Å². The summed E-state index contributed by atoms with van der Waals surface area (Å²) in [5, 5.41) is 3.47. The molecule has 0 radical (unpaired) electrons. The van der Waals surface area contributed by atoms with Crippen LogP contribution in [-0.4, -0.2) is 26.8 Å². The molecule has 1 aromatic carbocycles. The molecule has 1 aromatic rings. The van der Waals surface area contributed by atoms with Gasteiger partial charge in [-0.2, -0.15) is 0 Å². The number of ether oxygens (including phenoxy) is 2. The van der Waals surface area contributed by atoms with Crippen LogP contribution in [0.2, 0.25) is 0 Å². The molecule has 3 heteroatoms. The Kier molecular flexibility index (Phi) is 6.71. The first-order valence-corrected chi connectivity index (χ1v) is 7.05. The zero-order chi connectivity index (χ0) is 14.1. The highest BCUT2D eigenvalue weighted by atomic mass is 16.5. The van der Waals surface area contributed by atoms with Gasteiger partial charge in [0.1, 0.15) is 11.5 Å². The van der Waals surface area contributed by atoms with E-state index < -0.39 is 0 Å². The van der Waals surface area contributed by atoms with Gasteiger partial charge in [0.25, 0.3) is 0 Å². The highest BCUT2D eigenvalue weighted by Crippen LogP contribution is 2.21. The summed E-state index contributed by atoms with van der Waals surface area (Å²) in [6.45, 7) is 9.59. The van der Waals surface area contributed by atoms with E-state index >= 15 is 0 Å². The molecule has 0 atom stereocenters. The maximum absolute atomic E-state index is 5.76. The third-order valence-electron chi connectivity index (χ3n) is 3.14. The number of benzene rings is 1. The number of rotatable bonds is 9. The summed E-state index contributed by atoms with van der Waals surface area (Å²) in [7, 11) is 1.67. The first kappa shape index (κ1) is 15.8. The molecule has 0 bridgehead atoms. The van der Waals surface area contributed by atoms with Crippen molar-refractivity contribution in [3.8, 4) is 11.5 Å². The largest absolute Gasteiger partial charge is 0.497 e. The minimum atomic E-state index is 0.266. The van der Waals surface area contributed by atoms with E-state index in [-0.39, 0.29) is 5.41 Å². The smallest absolute Gasteiger partial charge is 0.119 e. The predicted octanol–water partition coefficient (Wildman–Crippen LogP) is 3.49. The third-order valence-corrected chi connectivity index (χ3v) is 3.14. The minimum Gasteiger partial charge on any atom is -0.497 e. The number of hydrogen-bond acceptors (Lipinski definition) is 3. The highest BCUT2D eigenvalue weighted by Gasteiger charge is 2.17. The van der Waals surface area contributed by atoms with Crippen molar-refractivity contribution in [2.75, 3.05) is 26.8 Å². The molecule has 0 amide bonds. The molecular weight excluding hydrogens is 238 g/mol. The van der Waals surface area contributed by atoms with E-state index in [0.717, 1.165) is 37.6 Å². The van der Waals surface area contributed by atoms with E-state index in [9.17, 15) is 0 Å². The molecule has 108 valence electrons. The lowest BCUT2D eigenvalue weighted by Crippen LogP contribution is -2.31. The fourth-order valence-electron chi connectivity index (χ4n) is 1.81. The topological polar surface area (TPSA) is 30.5 Å². The molecule has 1 N–H and O–H groups in total. The van der Waals surface area contributed by atoms with Crippen LogP contribution in [0.3, 0.4) is 0 Å². The van der Waals surface area contributed by atoms with Crippen LogP contribution in [-0.2, 0) is 0 Å². The van der Waals surface area contributed by atoms with Gasteiger partial charge in [-0.05, 0) is 49.1 Å². The standard InChI is InChI=1S/C16H27NO2/c1-5-11-17-13-16(2,3)10-12-19-15-8-6-14(18-4)7-9-15/h6-9,17H,5,10-13H2,1-4H3. The lowest BCUT2D eigenvalue weighted by molar-refractivity contribution is 0.222. The van der Waals surface area contributed by atoms with Crippen molar-refractivity contribution in [2.45, 2.75) is 33.6 Å². The molecule has 0 saturated heterocycles. The molecule has 0 aliphatic carbocycles. The van der Waals surface area contributed by atoms with Crippen LogP contribution >= 0.6 is 0 Å². The van der Waals surface area contributed by atoms with Gasteiger partial charge in [-0.25, -0.2) is 0 Å². The molecule has 3 nitrogen and oxygen atoms in total. The molecule has 0 aliphatic heterocycles. The van der Waals surface area contributed by atoms with Crippen molar-refractivity contribution >= 4 is 0 Å². The van der Waals surface area contributed by atoms with Gasteiger partial charge in [0.05, 0.1) is 13.7 Å². The summed E-state index contributed by atoms with van der Waals surface area (Å²) in [6.07, 6.45) is 2.22. The predicted molar refractivity (Wildman–Crippen MR) is 80.0 cm³/mol. The van der Waals surface area contributed by atoms with E-state index in [1.54, 1.807) is 7.11 Å². The first-order chi connectivity index (χ1) is 9.07. The molecule has 0 aliphatic rings. The van der Waals surface area contributed by atoms with E-state index in [2.05, 4.69) is 26.1 Å². The van der Waals surface area contributed by atoms with Crippen molar-refractivity contribution in [3.63, 3.8) is 0 Å². The van der Waals surface area contributed by atoms with E-state index in [0.29, 0.717) is 0 Å². The monoisotopic (exact) mass is 265 g/mol. The highest BCUT2D eigenvalue weighted by molar-refractivity contribution is 5.31. The van der Waals surface area contributed by atoms with Crippen LogP contribution in [0.15, 0.2) is 24.3 Å².